The summed E-state index contributed by atoms with van der Waals surface area (Å²) < 4.78 is 10.6. The number of likely N-dealkylation sites (tertiary alicyclic amines) is 1. The van der Waals surface area contributed by atoms with Crippen LogP contribution in [0, 0.1) is 0 Å². The number of ether oxygens (including phenoxy) is 2. The van der Waals surface area contributed by atoms with Gasteiger partial charge in [-0.25, -0.2) is 4.79 Å². The summed E-state index contributed by atoms with van der Waals surface area (Å²) in [4.78, 5) is 31.5. The minimum atomic E-state index is -0.627. The van der Waals surface area contributed by atoms with Crippen molar-refractivity contribution in [1.29, 1.82) is 0 Å². The largest absolute Gasteiger partial charge is 0.454 e. The SMILES string of the molecule is O=C1NC2(CCN(C(=O)Nc3ccc4c(c3)OCO4)CC2)N=C1c1ccccc1. The first-order chi connectivity index (χ1) is 14.1. The molecule has 0 saturated carbocycles. The van der Waals surface area contributed by atoms with Crippen molar-refractivity contribution in [3.8, 4) is 11.5 Å². The van der Waals surface area contributed by atoms with Crippen LogP contribution < -0.4 is 20.1 Å². The standard InChI is InChI=1S/C21H20N4O4/c26-19-18(14-4-2-1-3-5-14)23-21(24-19)8-10-25(11-9-21)20(27)22-15-6-7-16-17(12-15)29-13-28-16/h1-7,12H,8-11,13H2,(H,22,27)(H,24,26). The summed E-state index contributed by atoms with van der Waals surface area (Å²) in [6, 6.07) is 14.6. The molecular weight excluding hydrogens is 372 g/mol. The van der Waals surface area contributed by atoms with Crippen molar-refractivity contribution in [2.45, 2.75) is 18.5 Å². The van der Waals surface area contributed by atoms with Gasteiger partial charge in [-0.1, -0.05) is 30.3 Å². The summed E-state index contributed by atoms with van der Waals surface area (Å²) in [5.41, 5.74) is 1.30. The first-order valence-electron chi connectivity index (χ1n) is 9.55. The van der Waals surface area contributed by atoms with Crippen LogP contribution >= 0.6 is 0 Å². The average Bonchev–Trinajstić information content (AvgIpc) is 3.33. The van der Waals surface area contributed by atoms with E-state index in [9.17, 15) is 9.59 Å². The number of hydrogen-bond donors (Lipinski definition) is 2. The van der Waals surface area contributed by atoms with Crippen LogP contribution in [0.2, 0.25) is 0 Å². The van der Waals surface area contributed by atoms with E-state index in [1.54, 1.807) is 23.1 Å². The molecule has 2 aromatic rings. The highest BCUT2D eigenvalue weighted by Gasteiger charge is 2.42. The van der Waals surface area contributed by atoms with Gasteiger partial charge in [-0.2, -0.15) is 0 Å². The number of benzene rings is 2. The number of carbonyl (C=O) groups is 2. The van der Waals surface area contributed by atoms with Gasteiger partial charge in [0.15, 0.2) is 11.5 Å². The van der Waals surface area contributed by atoms with Gasteiger partial charge in [-0.05, 0) is 12.1 Å². The quantitative estimate of drug-likeness (QED) is 0.821. The third kappa shape index (κ3) is 3.26. The lowest BCUT2D eigenvalue weighted by Crippen LogP contribution is -2.53. The van der Waals surface area contributed by atoms with Gasteiger partial charge in [0.1, 0.15) is 11.4 Å². The molecule has 3 amide bonds. The van der Waals surface area contributed by atoms with E-state index in [2.05, 4.69) is 10.6 Å². The smallest absolute Gasteiger partial charge is 0.321 e. The van der Waals surface area contributed by atoms with Gasteiger partial charge < -0.3 is 25.0 Å². The summed E-state index contributed by atoms with van der Waals surface area (Å²) in [6.45, 7) is 1.20. The number of aliphatic imine (C=N–C) groups is 1. The normalized spacial score (nSPS) is 19.1. The molecule has 8 heteroatoms. The molecule has 0 aromatic heterocycles. The Labute approximate surface area is 167 Å². The molecule has 148 valence electrons. The number of fused-ring (bicyclic) bond motifs is 1. The van der Waals surface area contributed by atoms with Crippen molar-refractivity contribution in [1.82, 2.24) is 10.2 Å². The number of carbonyl (C=O) groups excluding carboxylic acids is 2. The minimum Gasteiger partial charge on any atom is -0.454 e. The number of anilines is 1. The number of hydrogen-bond acceptors (Lipinski definition) is 5. The molecule has 0 aliphatic carbocycles. The van der Waals surface area contributed by atoms with E-state index in [-0.39, 0.29) is 18.7 Å². The Balaban J connectivity index is 1.24. The molecule has 0 unspecified atom stereocenters. The zero-order chi connectivity index (χ0) is 19.8. The molecule has 1 spiro atoms. The second kappa shape index (κ2) is 6.80. The summed E-state index contributed by atoms with van der Waals surface area (Å²) in [7, 11) is 0. The third-order valence-corrected chi connectivity index (χ3v) is 5.44. The first-order valence-corrected chi connectivity index (χ1v) is 9.55. The maximum atomic E-state index is 12.6. The predicted octanol–water partition coefficient (Wildman–Crippen LogP) is 2.36. The topological polar surface area (TPSA) is 92.3 Å². The Kier molecular flexibility index (Phi) is 4.12. The number of urea groups is 1. The van der Waals surface area contributed by atoms with Crippen molar-refractivity contribution in [2.75, 3.05) is 25.2 Å². The maximum Gasteiger partial charge on any atom is 0.321 e. The van der Waals surface area contributed by atoms with Crippen LogP contribution in [0.25, 0.3) is 0 Å². The molecule has 1 fully saturated rings. The van der Waals surface area contributed by atoms with Crippen LogP contribution in [0.5, 0.6) is 11.5 Å². The van der Waals surface area contributed by atoms with Crippen LogP contribution in [0.1, 0.15) is 18.4 Å². The molecule has 1 saturated heterocycles. The Morgan fingerprint density at radius 2 is 1.83 bits per heavy atom. The molecule has 3 aliphatic heterocycles. The van der Waals surface area contributed by atoms with Gasteiger partial charge in [0.2, 0.25) is 6.79 Å². The summed E-state index contributed by atoms with van der Waals surface area (Å²) in [5, 5.41) is 5.92. The molecule has 3 heterocycles. The molecule has 0 bridgehead atoms. The third-order valence-electron chi connectivity index (χ3n) is 5.44. The monoisotopic (exact) mass is 392 g/mol. The summed E-state index contributed by atoms with van der Waals surface area (Å²) in [6.07, 6.45) is 1.15. The van der Waals surface area contributed by atoms with Gasteiger partial charge in [0, 0.05) is 43.2 Å². The van der Waals surface area contributed by atoms with E-state index in [1.807, 2.05) is 30.3 Å². The molecule has 2 N–H and O–H groups in total. The van der Waals surface area contributed by atoms with E-state index in [4.69, 9.17) is 14.5 Å². The molecule has 5 rings (SSSR count). The van der Waals surface area contributed by atoms with Gasteiger partial charge in [0.25, 0.3) is 5.91 Å². The number of nitrogens with zero attached hydrogens (tertiary/aromatic N) is 2. The van der Waals surface area contributed by atoms with Crippen molar-refractivity contribution in [2.24, 2.45) is 4.99 Å². The zero-order valence-electron chi connectivity index (χ0n) is 15.7. The van der Waals surface area contributed by atoms with Gasteiger partial charge in [0.05, 0.1) is 0 Å². The number of amides is 3. The molecule has 2 aromatic carbocycles. The van der Waals surface area contributed by atoms with Crippen molar-refractivity contribution >= 4 is 23.3 Å². The van der Waals surface area contributed by atoms with E-state index in [0.29, 0.717) is 48.8 Å². The van der Waals surface area contributed by atoms with Crippen LogP contribution in [-0.2, 0) is 4.79 Å². The zero-order valence-corrected chi connectivity index (χ0v) is 15.7. The fourth-order valence-electron chi connectivity index (χ4n) is 3.85. The van der Waals surface area contributed by atoms with E-state index in [0.717, 1.165) is 5.56 Å². The fraction of sp³-hybridized carbons (Fsp3) is 0.286. The average molecular weight is 392 g/mol. The van der Waals surface area contributed by atoms with E-state index in [1.165, 1.54) is 0 Å². The fourth-order valence-corrected chi connectivity index (χ4v) is 3.85. The van der Waals surface area contributed by atoms with Crippen LogP contribution in [0.4, 0.5) is 10.5 Å². The highest BCUT2D eigenvalue weighted by Crippen LogP contribution is 2.34. The van der Waals surface area contributed by atoms with Crippen molar-refractivity contribution in [3.05, 3.63) is 54.1 Å². The molecule has 0 radical (unpaired) electrons. The lowest BCUT2D eigenvalue weighted by Gasteiger charge is -2.37. The van der Waals surface area contributed by atoms with Crippen molar-refractivity contribution in [3.63, 3.8) is 0 Å². The molecule has 8 nitrogen and oxygen atoms in total. The Bertz CT molecular complexity index is 997. The molecule has 0 atom stereocenters. The van der Waals surface area contributed by atoms with Crippen molar-refractivity contribution < 1.29 is 19.1 Å². The van der Waals surface area contributed by atoms with Crippen LogP contribution in [0.15, 0.2) is 53.5 Å². The highest BCUT2D eigenvalue weighted by atomic mass is 16.7. The van der Waals surface area contributed by atoms with E-state index < -0.39 is 5.66 Å². The predicted molar refractivity (Wildman–Crippen MR) is 106 cm³/mol. The first kappa shape index (κ1) is 17.5. The van der Waals surface area contributed by atoms with Gasteiger partial charge >= 0.3 is 6.03 Å². The molecule has 29 heavy (non-hydrogen) atoms. The Morgan fingerprint density at radius 3 is 2.62 bits per heavy atom. The number of rotatable bonds is 2. The van der Waals surface area contributed by atoms with Crippen LogP contribution in [0.3, 0.4) is 0 Å². The molecule has 3 aliphatic rings. The van der Waals surface area contributed by atoms with Gasteiger partial charge in [-0.15, -0.1) is 0 Å². The van der Waals surface area contributed by atoms with Gasteiger partial charge in [-0.3, -0.25) is 9.79 Å². The van der Waals surface area contributed by atoms with E-state index >= 15 is 0 Å². The number of piperidine rings is 1. The summed E-state index contributed by atoms with van der Waals surface area (Å²) >= 11 is 0. The number of nitrogens with one attached hydrogen (secondary N) is 2. The maximum absolute atomic E-state index is 12.6. The second-order valence-corrected chi connectivity index (χ2v) is 7.30. The highest BCUT2D eigenvalue weighted by molar-refractivity contribution is 6.46. The molecular formula is C21H20N4O4. The second-order valence-electron chi connectivity index (χ2n) is 7.30. The Hall–Kier alpha value is -3.55. The van der Waals surface area contributed by atoms with Crippen LogP contribution in [-0.4, -0.2) is 48.1 Å². The summed E-state index contributed by atoms with van der Waals surface area (Å²) in [5.74, 6) is 1.14. The Morgan fingerprint density at radius 1 is 1.07 bits per heavy atom. The minimum absolute atomic E-state index is 0.158. The lowest BCUT2D eigenvalue weighted by molar-refractivity contribution is -0.115. The lowest BCUT2D eigenvalue weighted by atomic mass is 9.98.